The van der Waals surface area contributed by atoms with Gasteiger partial charge in [-0.2, -0.15) is 6.42 Å². The minimum Gasteiger partial charge on any atom is -0.358 e. The van der Waals surface area contributed by atoms with Crippen LogP contribution in [-0.2, 0) is 31.3 Å². The van der Waals surface area contributed by atoms with Crippen LogP contribution < -0.4 is 0 Å². The third-order valence-electron chi connectivity index (χ3n) is 0.604. The van der Waals surface area contributed by atoms with Crippen LogP contribution in [0.5, 0.6) is 0 Å². The fraction of sp³-hybridized carbons (Fsp3) is 0.667. The maximum Gasteiger partial charge on any atom is 2.00 e. The Labute approximate surface area is 99.2 Å². The van der Waals surface area contributed by atoms with Gasteiger partial charge in [-0.25, -0.2) is 0 Å². The second-order valence-electron chi connectivity index (χ2n) is 1.72. The van der Waals surface area contributed by atoms with Crippen molar-refractivity contribution in [3.63, 3.8) is 0 Å². The van der Waals surface area contributed by atoms with Crippen molar-refractivity contribution in [2.24, 2.45) is 0 Å². The van der Waals surface area contributed by atoms with Gasteiger partial charge in [0.1, 0.15) is 0 Å². The van der Waals surface area contributed by atoms with E-state index in [1.165, 1.54) is 12.8 Å². The van der Waals surface area contributed by atoms with Crippen LogP contribution in [0.25, 0.3) is 0 Å². The van der Waals surface area contributed by atoms with Crippen molar-refractivity contribution in [1.82, 2.24) is 0 Å². The van der Waals surface area contributed by atoms with Gasteiger partial charge < -0.3 is 24.1 Å². The molecular formula is C6H17O2PS2Zn. The molecule has 0 aliphatic heterocycles. The zero-order chi connectivity index (χ0) is 8.62. The summed E-state index contributed by atoms with van der Waals surface area (Å²) in [5.41, 5.74) is -3.11. The summed E-state index contributed by atoms with van der Waals surface area (Å²) in [5, 5.41) is 0. The zero-order valence-electron chi connectivity index (χ0n) is 7.73. The van der Waals surface area contributed by atoms with Crippen molar-refractivity contribution in [3.05, 3.63) is 14.4 Å². The average Bonchev–Trinajstić information content (AvgIpc) is 1.63. The molecule has 0 spiro atoms. The summed E-state index contributed by atoms with van der Waals surface area (Å²) in [6, 6.07) is 0. The van der Waals surface area contributed by atoms with Crippen molar-refractivity contribution in [2.75, 3.05) is 0 Å². The Morgan fingerprint density at radius 2 is 1.75 bits per heavy atom. The number of hydrogen-bond donors (Lipinski definition) is 3. The van der Waals surface area contributed by atoms with Gasteiger partial charge in [-0.05, 0) is 11.8 Å². The zero-order valence-corrected chi connectivity index (χ0v) is 13.3. The predicted octanol–water partition coefficient (Wildman–Crippen LogP) is 2.58. The van der Waals surface area contributed by atoms with Crippen LogP contribution in [0.15, 0.2) is 0 Å². The summed E-state index contributed by atoms with van der Waals surface area (Å²) in [6.07, 6.45) is 3.65. The van der Waals surface area contributed by atoms with Gasteiger partial charge in [0.25, 0.3) is 0 Å². The molecule has 0 saturated carbocycles. The van der Waals surface area contributed by atoms with E-state index in [0.29, 0.717) is 0 Å². The molecule has 12 heavy (non-hydrogen) atoms. The number of rotatable bonds is 2. The van der Waals surface area contributed by atoms with Gasteiger partial charge in [0.05, 0.1) is 0 Å². The van der Waals surface area contributed by atoms with Crippen molar-refractivity contribution < 1.29 is 29.3 Å². The molecule has 0 unspecified atom stereocenters. The van der Waals surface area contributed by atoms with Crippen LogP contribution in [0.3, 0.4) is 0 Å². The summed E-state index contributed by atoms with van der Waals surface area (Å²) < 4.78 is 0. The van der Waals surface area contributed by atoms with Crippen molar-refractivity contribution >= 4 is 29.7 Å². The van der Waals surface area contributed by atoms with E-state index >= 15 is 0 Å². The molecule has 0 rings (SSSR count). The second-order valence-corrected chi connectivity index (χ2v) is 6.76. The first kappa shape index (κ1) is 23.4. The first-order valence-corrected chi connectivity index (χ1v) is 6.85. The largest absolute Gasteiger partial charge is 2.00 e. The number of thiol groups is 1. The summed E-state index contributed by atoms with van der Waals surface area (Å²) in [7, 11) is 0. The Morgan fingerprint density at radius 3 is 1.75 bits per heavy atom. The van der Waals surface area contributed by atoms with Gasteiger partial charge in [-0.1, -0.05) is 32.0 Å². The third kappa shape index (κ3) is 102. The average molecular weight is 282 g/mol. The summed E-state index contributed by atoms with van der Waals surface area (Å²) >= 11 is 7.07. The van der Waals surface area contributed by atoms with Gasteiger partial charge >= 0.3 is 19.5 Å². The molecule has 0 amide bonds. The quantitative estimate of drug-likeness (QED) is 0.315. The molecule has 0 atom stereocenters. The van der Waals surface area contributed by atoms with Crippen molar-refractivity contribution in [3.8, 4) is 0 Å². The molecule has 6 heteroatoms. The fourth-order valence-corrected chi connectivity index (χ4v) is 0.250. The van der Waals surface area contributed by atoms with E-state index in [1.807, 2.05) is 0 Å². The Kier molecular flexibility index (Phi) is 29.3. The summed E-state index contributed by atoms with van der Waals surface area (Å²) in [6.45, 7) is 5.85. The minimum atomic E-state index is -3.11. The Balaban J connectivity index is -0.0000000457. The fourth-order valence-electron chi connectivity index (χ4n) is 0.250. The molecule has 0 radical (unpaired) electrons. The van der Waals surface area contributed by atoms with E-state index in [4.69, 9.17) is 9.79 Å². The smallest absolute Gasteiger partial charge is 0.358 e. The van der Waals surface area contributed by atoms with Gasteiger partial charge in [-0.15, -0.1) is 0 Å². The Morgan fingerprint density at radius 1 is 1.50 bits per heavy atom. The monoisotopic (exact) mass is 280 g/mol. The minimum absolute atomic E-state index is 0. The number of hydrogen-bond acceptors (Lipinski definition) is 1. The molecular weight excluding hydrogens is 265 g/mol. The number of unbranched alkanes of at least 4 members (excludes halogenated alkanes) is 2. The van der Waals surface area contributed by atoms with Crippen LogP contribution in [0.2, 0.25) is 0 Å². The molecule has 0 aliphatic rings. The molecule has 72 valence electrons. The van der Waals surface area contributed by atoms with Crippen molar-refractivity contribution in [2.45, 2.75) is 26.2 Å². The van der Waals surface area contributed by atoms with Crippen molar-refractivity contribution in [1.29, 1.82) is 0 Å². The van der Waals surface area contributed by atoms with Crippen LogP contribution >= 0.6 is 17.9 Å². The van der Waals surface area contributed by atoms with Gasteiger partial charge in [0, 0.05) is 0 Å². The van der Waals surface area contributed by atoms with E-state index in [2.05, 4.69) is 37.9 Å². The molecule has 0 aromatic rings. The van der Waals surface area contributed by atoms with Crippen LogP contribution in [0.4, 0.5) is 0 Å². The summed E-state index contributed by atoms with van der Waals surface area (Å²) in [4.78, 5) is 15.7. The third-order valence-corrected chi connectivity index (χ3v) is 0.604. The van der Waals surface area contributed by atoms with Gasteiger partial charge in [-0.3, -0.25) is 0 Å². The maximum atomic E-state index is 7.87. The van der Waals surface area contributed by atoms with E-state index in [0.717, 1.165) is 6.42 Å². The molecule has 2 nitrogen and oxygen atoms in total. The van der Waals surface area contributed by atoms with E-state index in [-0.39, 0.29) is 26.9 Å². The van der Waals surface area contributed by atoms with Gasteiger partial charge in [0.2, 0.25) is 5.69 Å². The molecule has 2 N–H and O–H groups in total. The SMILES string of the molecule is OP(O)(=S)S.[CH2-]CCCC.[CH3-].[Zn+2]. The molecule has 0 aromatic carbocycles. The Hall–Kier alpha value is 1.54. The predicted molar refractivity (Wildman–Crippen MR) is 59.0 cm³/mol. The topological polar surface area (TPSA) is 40.5 Å². The second kappa shape index (κ2) is 15.0. The first-order chi connectivity index (χ1) is 4.41. The van der Waals surface area contributed by atoms with E-state index < -0.39 is 5.69 Å². The normalized spacial score (nSPS) is 8.42. The molecule has 0 aromatic heterocycles. The van der Waals surface area contributed by atoms with E-state index in [1.54, 1.807) is 0 Å². The first-order valence-electron chi connectivity index (χ1n) is 2.99. The molecule has 0 bridgehead atoms. The molecule has 0 saturated heterocycles. The molecule has 0 heterocycles. The molecule has 0 fully saturated rings. The van der Waals surface area contributed by atoms with Crippen LogP contribution in [-0.4, -0.2) is 9.79 Å². The van der Waals surface area contributed by atoms with Crippen LogP contribution in [0, 0.1) is 14.4 Å². The Bertz CT molecular complexity index is 97.5. The van der Waals surface area contributed by atoms with E-state index in [9.17, 15) is 0 Å². The maximum absolute atomic E-state index is 7.87. The molecule has 0 aliphatic carbocycles. The standard InChI is InChI=1S/C5H11.CH3.H3O2PS2.Zn/c1-3-5-4-2;;1-3(2,4)5;/h1,3-5H2,2H3;1H3;(H3,1,2,4,5);/q2*-1;;+2. The van der Waals surface area contributed by atoms with Crippen LogP contribution in [0.1, 0.15) is 26.2 Å². The van der Waals surface area contributed by atoms with Gasteiger partial charge in [0.15, 0.2) is 0 Å². The summed E-state index contributed by atoms with van der Waals surface area (Å²) in [5.74, 6) is 0.